The lowest BCUT2D eigenvalue weighted by atomic mass is 9.72. The Bertz CT molecular complexity index is 1160. The zero-order chi connectivity index (χ0) is 20.8. The third kappa shape index (κ3) is 3.10. The van der Waals surface area contributed by atoms with E-state index in [0.29, 0.717) is 17.3 Å². The maximum absolute atomic E-state index is 13.5. The first-order chi connectivity index (χ1) is 14.5. The molecule has 1 N–H and O–H groups in total. The van der Waals surface area contributed by atoms with E-state index in [-0.39, 0.29) is 17.6 Å². The summed E-state index contributed by atoms with van der Waals surface area (Å²) in [5, 5.41) is 8.22. The van der Waals surface area contributed by atoms with Crippen molar-refractivity contribution in [1.29, 1.82) is 0 Å². The molecule has 0 radical (unpaired) electrons. The standard InChI is InChI=1S/C24H21ClN2O3/c1-13-21-22(15-4-3-5-18(10-15)29-2)23-19(26-24(21)30-27-13)11-16(12-20(23)28)14-6-8-17(25)9-7-14/h3-10,16,22,26H,11-12H2,1-2H3. The van der Waals surface area contributed by atoms with Gasteiger partial charge < -0.3 is 14.6 Å². The van der Waals surface area contributed by atoms with Crippen molar-refractivity contribution in [2.45, 2.75) is 31.6 Å². The fourth-order valence-electron chi connectivity index (χ4n) is 4.60. The molecule has 0 saturated heterocycles. The van der Waals surface area contributed by atoms with Gasteiger partial charge in [0, 0.05) is 28.6 Å². The maximum Gasteiger partial charge on any atom is 0.233 e. The van der Waals surface area contributed by atoms with Crippen LogP contribution in [-0.4, -0.2) is 18.0 Å². The average Bonchev–Trinajstić information content (AvgIpc) is 3.13. The third-order valence-electron chi connectivity index (χ3n) is 6.03. The summed E-state index contributed by atoms with van der Waals surface area (Å²) >= 11 is 6.04. The Balaban J connectivity index is 1.61. The normalized spacial score (nSPS) is 20.4. The van der Waals surface area contributed by atoms with Crippen LogP contribution < -0.4 is 10.1 Å². The molecule has 0 amide bonds. The number of methoxy groups -OCH3 is 1. The number of fused-ring (bicyclic) bond motifs is 1. The third-order valence-corrected chi connectivity index (χ3v) is 6.28. The first-order valence-corrected chi connectivity index (χ1v) is 10.3. The number of hydrogen-bond acceptors (Lipinski definition) is 5. The quantitative estimate of drug-likeness (QED) is 0.597. The molecule has 1 aromatic heterocycles. The van der Waals surface area contributed by atoms with Gasteiger partial charge in [0.1, 0.15) is 5.75 Å². The predicted octanol–water partition coefficient (Wildman–Crippen LogP) is 5.60. The van der Waals surface area contributed by atoms with Crippen molar-refractivity contribution >= 4 is 23.3 Å². The van der Waals surface area contributed by atoms with Crippen LogP contribution in [0.1, 0.15) is 47.1 Å². The van der Waals surface area contributed by atoms with Gasteiger partial charge in [0.25, 0.3) is 0 Å². The van der Waals surface area contributed by atoms with Gasteiger partial charge in [0.2, 0.25) is 5.88 Å². The Morgan fingerprint density at radius 2 is 1.93 bits per heavy atom. The van der Waals surface area contributed by atoms with E-state index in [9.17, 15) is 4.79 Å². The topological polar surface area (TPSA) is 64.4 Å². The number of anilines is 1. The number of nitrogens with one attached hydrogen (secondary N) is 1. The summed E-state index contributed by atoms with van der Waals surface area (Å²) in [7, 11) is 1.64. The molecule has 0 spiro atoms. The van der Waals surface area contributed by atoms with E-state index in [1.165, 1.54) is 0 Å². The molecular weight excluding hydrogens is 400 g/mol. The van der Waals surface area contributed by atoms with Gasteiger partial charge in [-0.1, -0.05) is 41.0 Å². The Labute approximate surface area is 179 Å². The summed E-state index contributed by atoms with van der Waals surface area (Å²) in [6, 6.07) is 15.6. The number of aromatic nitrogens is 1. The second-order valence-corrected chi connectivity index (χ2v) is 8.25. The zero-order valence-corrected chi connectivity index (χ0v) is 17.5. The number of carbonyl (C=O) groups is 1. The zero-order valence-electron chi connectivity index (χ0n) is 16.7. The SMILES string of the molecule is COc1cccc(C2C3=C(CC(c4ccc(Cl)cc4)CC3=O)Nc3onc(C)c32)c1. The van der Waals surface area contributed by atoms with Crippen LogP contribution in [0.3, 0.4) is 0 Å². The molecular formula is C24H21ClN2O3. The van der Waals surface area contributed by atoms with E-state index in [4.69, 9.17) is 20.9 Å². The highest BCUT2D eigenvalue weighted by Gasteiger charge is 2.41. The monoisotopic (exact) mass is 420 g/mol. The fraction of sp³-hybridized carbons (Fsp3) is 0.250. The molecule has 5 rings (SSSR count). The molecule has 5 nitrogen and oxygen atoms in total. The van der Waals surface area contributed by atoms with Gasteiger partial charge in [0.15, 0.2) is 5.78 Å². The van der Waals surface area contributed by atoms with Gasteiger partial charge in [-0.25, -0.2) is 0 Å². The van der Waals surface area contributed by atoms with Crippen LogP contribution in [-0.2, 0) is 4.79 Å². The van der Waals surface area contributed by atoms with Crippen LogP contribution >= 0.6 is 11.6 Å². The van der Waals surface area contributed by atoms with Gasteiger partial charge in [-0.15, -0.1) is 0 Å². The summed E-state index contributed by atoms with van der Waals surface area (Å²) in [6.07, 6.45) is 1.19. The molecule has 1 aliphatic carbocycles. The molecule has 2 aromatic carbocycles. The number of hydrogen-bond donors (Lipinski definition) is 1. The van der Waals surface area contributed by atoms with Crippen LogP contribution in [0.25, 0.3) is 0 Å². The fourth-order valence-corrected chi connectivity index (χ4v) is 4.72. The van der Waals surface area contributed by atoms with Gasteiger partial charge in [-0.3, -0.25) is 4.79 Å². The number of halogens is 1. The molecule has 3 aromatic rings. The van der Waals surface area contributed by atoms with E-state index >= 15 is 0 Å². The number of carbonyl (C=O) groups excluding carboxylic acids is 1. The maximum atomic E-state index is 13.5. The Morgan fingerprint density at radius 1 is 1.13 bits per heavy atom. The van der Waals surface area contributed by atoms with E-state index in [1.807, 2.05) is 55.5 Å². The molecule has 1 aliphatic heterocycles. The smallest absolute Gasteiger partial charge is 0.233 e. The molecule has 2 atom stereocenters. The second kappa shape index (κ2) is 7.33. The second-order valence-electron chi connectivity index (χ2n) is 7.82. The number of ether oxygens (including phenoxy) is 1. The Hall–Kier alpha value is -3.05. The van der Waals surface area contributed by atoms with Crippen molar-refractivity contribution in [2.24, 2.45) is 0 Å². The molecule has 0 bridgehead atoms. The summed E-state index contributed by atoms with van der Waals surface area (Å²) in [5.74, 6) is 1.38. The van der Waals surface area contributed by atoms with Gasteiger partial charge in [-0.2, -0.15) is 0 Å². The minimum Gasteiger partial charge on any atom is -0.497 e. The average molecular weight is 421 g/mol. The number of benzene rings is 2. The lowest BCUT2D eigenvalue weighted by Gasteiger charge is -2.34. The van der Waals surface area contributed by atoms with Gasteiger partial charge >= 0.3 is 0 Å². The number of Topliss-reactive ketones (excluding diaryl/α,β-unsaturated/α-hetero) is 1. The number of nitrogens with zero attached hydrogens (tertiary/aromatic N) is 1. The highest BCUT2D eigenvalue weighted by Crippen LogP contribution is 2.49. The summed E-state index contributed by atoms with van der Waals surface area (Å²) in [5.41, 5.74) is 5.51. The number of allylic oxidation sites excluding steroid dienone is 2. The minimum absolute atomic E-state index is 0.0949. The molecule has 2 unspecified atom stereocenters. The summed E-state index contributed by atoms with van der Waals surface area (Å²) in [4.78, 5) is 13.5. The van der Waals surface area contributed by atoms with Crippen molar-refractivity contribution in [1.82, 2.24) is 5.16 Å². The van der Waals surface area contributed by atoms with E-state index in [0.717, 1.165) is 45.8 Å². The first kappa shape index (κ1) is 18.9. The molecule has 0 saturated carbocycles. The van der Waals surface area contributed by atoms with Crippen LogP contribution in [0.15, 0.2) is 64.3 Å². The predicted molar refractivity (Wildman–Crippen MR) is 115 cm³/mol. The van der Waals surface area contributed by atoms with Gasteiger partial charge in [0.05, 0.1) is 18.4 Å². The largest absolute Gasteiger partial charge is 0.497 e. The van der Waals surface area contributed by atoms with Crippen molar-refractivity contribution in [2.75, 3.05) is 12.4 Å². The number of ketones is 1. The number of rotatable bonds is 3. The van der Waals surface area contributed by atoms with Crippen LogP contribution in [0, 0.1) is 6.92 Å². The molecule has 2 aliphatic rings. The van der Waals surface area contributed by atoms with Crippen molar-refractivity contribution in [3.8, 4) is 5.75 Å². The van der Waals surface area contributed by atoms with E-state index in [2.05, 4.69) is 10.5 Å². The molecule has 0 fully saturated rings. The lowest BCUT2D eigenvalue weighted by Crippen LogP contribution is -2.29. The van der Waals surface area contributed by atoms with Gasteiger partial charge in [-0.05, 0) is 54.7 Å². The van der Waals surface area contributed by atoms with Crippen molar-refractivity contribution in [3.63, 3.8) is 0 Å². The van der Waals surface area contributed by atoms with Crippen LogP contribution in [0.4, 0.5) is 5.88 Å². The first-order valence-electron chi connectivity index (χ1n) is 9.94. The highest BCUT2D eigenvalue weighted by molar-refractivity contribution is 6.30. The highest BCUT2D eigenvalue weighted by atomic mass is 35.5. The van der Waals surface area contributed by atoms with E-state index in [1.54, 1.807) is 7.11 Å². The summed E-state index contributed by atoms with van der Waals surface area (Å²) < 4.78 is 11.0. The Kier molecular flexibility index (Phi) is 4.63. The van der Waals surface area contributed by atoms with Crippen molar-refractivity contribution in [3.05, 3.63) is 87.2 Å². The minimum atomic E-state index is -0.226. The molecule has 6 heteroatoms. The lowest BCUT2D eigenvalue weighted by molar-refractivity contribution is -0.116. The number of aryl methyl sites for hydroxylation is 1. The summed E-state index contributed by atoms with van der Waals surface area (Å²) in [6.45, 7) is 1.91. The van der Waals surface area contributed by atoms with Crippen molar-refractivity contribution < 1.29 is 14.1 Å². The van der Waals surface area contributed by atoms with Crippen LogP contribution in [0.5, 0.6) is 5.75 Å². The van der Waals surface area contributed by atoms with Crippen LogP contribution in [0.2, 0.25) is 5.02 Å². The molecule has 152 valence electrons. The Morgan fingerprint density at radius 3 is 2.70 bits per heavy atom. The van der Waals surface area contributed by atoms with E-state index < -0.39 is 0 Å². The molecule has 2 heterocycles. The molecule has 30 heavy (non-hydrogen) atoms.